The summed E-state index contributed by atoms with van der Waals surface area (Å²) in [5, 5.41) is 3.75. The Bertz CT molecular complexity index is 213. The lowest BCUT2D eigenvalue weighted by Crippen LogP contribution is -2.62. The summed E-state index contributed by atoms with van der Waals surface area (Å²) in [5.41, 5.74) is 0.293. The molecule has 1 aliphatic carbocycles. The van der Waals surface area contributed by atoms with E-state index in [1.54, 1.807) is 0 Å². The lowest BCUT2D eigenvalue weighted by molar-refractivity contribution is -0.116. The molecule has 1 fully saturated rings. The van der Waals surface area contributed by atoms with Gasteiger partial charge in [0.05, 0.1) is 6.10 Å². The van der Waals surface area contributed by atoms with Crippen LogP contribution in [0.4, 0.5) is 0 Å². The van der Waals surface area contributed by atoms with Gasteiger partial charge in [-0.3, -0.25) is 0 Å². The average Bonchev–Trinajstić information content (AvgIpc) is 2.15. The zero-order chi connectivity index (χ0) is 12.3. The molecule has 3 atom stereocenters. The van der Waals surface area contributed by atoms with Crippen molar-refractivity contribution in [1.82, 2.24) is 5.32 Å². The lowest BCUT2D eigenvalue weighted by atomic mass is 9.64. The van der Waals surface area contributed by atoms with Crippen LogP contribution in [-0.2, 0) is 4.74 Å². The van der Waals surface area contributed by atoms with E-state index in [1.165, 1.54) is 12.8 Å². The lowest BCUT2D eigenvalue weighted by Gasteiger charge is -2.52. The molecule has 0 aromatic rings. The third-order valence-electron chi connectivity index (χ3n) is 3.86. The second-order valence-corrected chi connectivity index (χ2v) is 6.25. The van der Waals surface area contributed by atoms with Crippen LogP contribution in [0.3, 0.4) is 0 Å². The molecule has 0 amide bonds. The van der Waals surface area contributed by atoms with Gasteiger partial charge in [-0.1, -0.05) is 27.7 Å². The van der Waals surface area contributed by atoms with Crippen molar-refractivity contribution in [2.45, 2.75) is 72.6 Å². The second kappa shape index (κ2) is 5.50. The monoisotopic (exact) mass is 227 g/mol. The normalized spacial score (nSPS) is 30.2. The highest BCUT2D eigenvalue weighted by Gasteiger charge is 2.48. The molecule has 96 valence electrons. The largest absolute Gasteiger partial charge is 0.378 e. The topological polar surface area (TPSA) is 21.3 Å². The van der Waals surface area contributed by atoms with E-state index < -0.39 is 0 Å². The first-order valence-electron chi connectivity index (χ1n) is 6.75. The Hall–Kier alpha value is -0.0800. The number of hydrogen-bond donors (Lipinski definition) is 1. The highest BCUT2D eigenvalue weighted by molar-refractivity contribution is 5.03. The van der Waals surface area contributed by atoms with Gasteiger partial charge in [-0.25, -0.2) is 0 Å². The first-order valence-corrected chi connectivity index (χ1v) is 6.75. The standard InChI is InChI=1S/C14H29NO/c1-7-16-13-9-12(14(13,5)6)15-11(4)8-10(2)3/h10-13,15H,7-9H2,1-6H3. The molecule has 2 nitrogen and oxygen atoms in total. The third-order valence-corrected chi connectivity index (χ3v) is 3.86. The molecule has 0 radical (unpaired) electrons. The van der Waals surface area contributed by atoms with Crippen molar-refractivity contribution in [3.05, 3.63) is 0 Å². The predicted octanol–water partition coefficient (Wildman–Crippen LogP) is 3.21. The number of hydrogen-bond acceptors (Lipinski definition) is 2. The summed E-state index contributed by atoms with van der Waals surface area (Å²) >= 11 is 0. The van der Waals surface area contributed by atoms with E-state index in [1.807, 2.05) is 0 Å². The molecular weight excluding hydrogens is 198 g/mol. The van der Waals surface area contributed by atoms with Gasteiger partial charge in [-0.2, -0.15) is 0 Å². The van der Waals surface area contributed by atoms with Crippen LogP contribution in [0.25, 0.3) is 0 Å². The van der Waals surface area contributed by atoms with Gasteiger partial charge < -0.3 is 10.1 Å². The van der Waals surface area contributed by atoms with Crippen molar-refractivity contribution in [3.63, 3.8) is 0 Å². The predicted molar refractivity (Wildman–Crippen MR) is 69.7 cm³/mol. The quantitative estimate of drug-likeness (QED) is 0.752. The maximum absolute atomic E-state index is 5.75. The van der Waals surface area contributed by atoms with E-state index >= 15 is 0 Å². The molecule has 2 heteroatoms. The van der Waals surface area contributed by atoms with Crippen LogP contribution >= 0.6 is 0 Å². The van der Waals surface area contributed by atoms with Gasteiger partial charge in [-0.05, 0) is 32.6 Å². The van der Waals surface area contributed by atoms with Crippen LogP contribution < -0.4 is 5.32 Å². The third kappa shape index (κ3) is 3.21. The second-order valence-electron chi connectivity index (χ2n) is 6.25. The Morgan fingerprint density at radius 2 is 1.94 bits per heavy atom. The maximum atomic E-state index is 5.75. The minimum atomic E-state index is 0.293. The molecule has 0 aromatic carbocycles. The van der Waals surface area contributed by atoms with Gasteiger partial charge in [0.25, 0.3) is 0 Å². The highest BCUT2D eigenvalue weighted by atomic mass is 16.5. The van der Waals surface area contributed by atoms with E-state index in [9.17, 15) is 0 Å². The van der Waals surface area contributed by atoms with Gasteiger partial charge in [0.15, 0.2) is 0 Å². The van der Waals surface area contributed by atoms with E-state index in [0.29, 0.717) is 23.6 Å². The summed E-state index contributed by atoms with van der Waals surface area (Å²) in [6.07, 6.45) is 2.87. The molecule has 0 saturated heterocycles. The van der Waals surface area contributed by atoms with E-state index in [4.69, 9.17) is 4.74 Å². The summed E-state index contributed by atoms with van der Waals surface area (Å²) in [4.78, 5) is 0. The van der Waals surface area contributed by atoms with Crippen LogP contribution in [0.15, 0.2) is 0 Å². The van der Waals surface area contributed by atoms with Gasteiger partial charge in [-0.15, -0.1) is 0 Å². The van der Waals surface area contributed by atoms with E-state index in [2.05, 4.69) is 46.9 Å². The molecule has 0 heterocycles. The van der Waals surface area contributed by atoms with Crippen molar-refractivity contribution in [3.8, 4) is 0 Å². The van der Waals surface area contributed by atoms with Crippen LogP contribution in [0.5, 0.6) is 0 Å². The number of ether oxygens (including phenoxy) is 1. The van der Waals surface area contributed by atoms with Gasteiger partial charge in [0, 0.05) is 24.1 Å². The molecule has 1 aliphatic rings. The minimum Gasteiger partial charge on any atom is -0.378 e. The molecule has 0 bridgehead atoms. The Balaban J connectivity index is 2.35. The Morgan fingerprint density at radius 1 is 1.31 bits per heavy atom. The van der Waals surface area contributed by atoms with Crippen molar-refractivity contribution in [1.29, 1.82) is 0 Å². The van der Waals surface area contributed by atoms with E-state index in [0.717, 1.165) is 12.5 Å². The molecule has 1 rings (SSSR count). The first-order chi connectivity index (χ1) is 7.37. The molecule has 0 aliphatic heterocycles. The van der Waals surface area contributed by atoms with Crippen LogP contribution in [0, 0.1) is 11.3 Å². The maximum Gasteiger partial charge on any atom is 0.0655 e. The Morgan fingerprint density at radius 3 is 2.38 bits per heavy atom. The zero-order valence-electron chi connectivity index (χ0n) is 11.8. The SMILES string of the molecule is CCOC1CC(NC(C)CC(C)C)C1(C)C. The molecule has 0 aromatic heterocycles. The summed E-state index contributed by atoms with van der Waals surface area (Å²) in [5.74, 6) is 0.772. The molecule has 3 unspecified atom stereocenters. The average molecular weight is 227 g/mol. The fourth-order valence-electron chi connectivity index (χ4n) is 2.77. The van der Waals surface area contributed by atoms with Gasteiger partial charge in [0.1, 0.15) is 0 Å². The van der Waals surface area contributed by atoms with E-state index in [-0.39, 0.29) is 0 Å². The van der Waals surface area contributed by atoms with Crippen molar-refractivity contribution >= 4 is 0 Å². The van der Waals surface area contributed by atoms with Crippen LogP contribution in [-0.4, -0.2) is 24.8 Å². The van der Waals surface area contributed by atoms with Crippen LogP contribution in [0.2, 0.25) is 0 Å². The fourth-order valence-corrected chi connectivity index (χ4v) is 2.77. The summed E-state index contributed by atoms with van der Waals surface area (Å²) < 4.78 is 5.75. The van der Waals surface area contributed by atoms with Crippen LogP contribution in [0.1, 0.15) is 54.4 Å². The highest BCUT2D eigenvalue weighted by Crippen LogP contribution is 2.43. The zero-order valence-corrected chi connectivity index (χ0v) is 11.8. The summed E-state index contributed by atoms with van der Waals surface area (Å²) in [7, 11) is 0. The van der Waals surface area contributed by atoms with Gasteiger partial charge >= 0.3 is 0 Å². The van der Waals surface area contributed by atoms with Crippen molar-refractivity contribution < 1.29 is 4.74 Å². The minimum absolute atomic E-state index is 0.293. The summed E-state index contributed by atoms with van der Waals surface area (Å²) in [6.45, 7) is 14.4. The molecule has 0 spiro atoms. The smallest absolute Gasteiger partial charge is 0.0655 e. The van der Waals surface area contributed by atoms with Crippen molar-refractivity contribution in [2.24, 2.45) is 11.3 Å². The number of nitrogens with one attached hydrogen (secondary N) is 1. The Kier molecular flexibility index (Phi) is 4.81. The Labute approximate surface area is 101 Å². The fraction of sp³-hybridized carbons (Fsp3) is 1.00. The number of rotatable bonds is 6. The summed E-state index contributed by atoms with van der Waals surface area (Å²) in [6, 6.07) is 1.24. The molecule has 16 heavy (non-hydrogen) atoms. The molecule has 1 N–H and O–H groups in total. The van der Waals surface area contributed by atoms with Crippen molar-refractivity contribution in [2.75, 3.05) is 6.61 Å². The van der Waals surface area contributed by atoms with Gasteiger partial charge in [0.2, 0.25) is 0 Å². The molecule has 1 saturated carbocycles. The first kappa shape index (κ1) is 14.0. The molecular formula is C14H29NO.